The molecule has 3 N–H and O–H groups in total. The van der Waals surface area contributed by atoms with E-state index in [2.05, 4.69) is 0 Å². The Hall–Kier alpha value is -1.86. The lowest BCUT2D eigenvalue weighted by molar-refractivity contribution is -0.139. The molecule has 1 saturated carbocycles. The van der Waals surface area contributed by atoms with Crippen LogP contribution in [0.2, 0.25) is 5.02 Å². The monoisotopic (exact) mass is 395 g/mol. The number of nitrogens with two attached hydrogens (primary N) is 1. The van der Waals surface area contributed by atoms with E-state index in [9.17, 15) is 14.7 Å². The van der Waals surface area contributed by atoms with Gasteiger partial charge in [0.2, 0.25) is 0 Å². The number of aliphatic carboxylic acids is 1. The van der Waals surface area contributed by atoms with E-state index in [1.807, 2.05) is 9.80 Å². The van der Waals surface area contributed by atoms with E-state index in [1.54, 1.807) is 0 Å². The number of halogens is 2. The van der Waals surface area contributed by atoms with Gasteiger partial charge in [0.05, 0.1) is 16.4 Å². The molecular formula is C19H23ClFN3O3. The van der Waals surface area contributed by atoms with E-state index < -0.39 is 23.5 Å². The third-order valence-corrected chi connectivity index (χ3v) is 6.08. The molecule has 0 spiro atoms. The summed E-state index contributed by atoms with van der Waals surface area (Å²) in [6, 6.07) is 1.26. The highest BCUT2D eigenvalue weighted by Crippen LogP contribution is 2.47. The van der Waals surface area contributed by atoms with Crippen LogP contribution in [0.4, 0.5) is 15.8 Å². The molecule has 0 bridgehead atoms. The molecule has 1 saturated heterocycles. The molecule has 1 aromatic carbocycles. The zero-order valence-corrected chi connectivity index (χ0v) is 15.7. The summed E-state index contributed by atoms with van der Waals surface area (Å²) >= 11 is 6.66. The molecule has 2 aliphatic heterocycles. The van der Waals surface area contributed by atoms with E-state index in [4.69, 9.17) is 17.3 Å². The maximum atomic E-state index is 15.0. The van der Waals surface area contributed by atoms with Crippen LogP contribution in [-0.2, 0) is 4.79 Å². The fourth-order valence-electron chi connectivity index (χ4n) is 4.20. The molecule has 1 aromatic rings. The summed E-state index contributed by atoms with van der Waals surface area (Å²) in [5.41, 5.74) is 6.96. The molecule has 1 aliphatic carbocycles. The SMILES string of the molecule is N[C@@H]1CCCCN(c2c(F)cc3c(c2Cl)N(C2CC2)CC(C(=O)O)C3=O)C1. The van der Waals surface area contributed by atoms with E-state index in [0.717, 1.165) is 32.1 Å². The molecule has 6 nitrogen and oxygen atoms in total. The minimum absolute atomic E-state index is 0.0587. The number of carboxylic acid groups (broad SMARTS) is 1. The van der Waals surface area contributed by atoms with Crippen molar-refractivity contribution in [3.05, 3.63) is 22.5 Å². The standard InChI is InChI=1S/C19H23ClFN3O3/c20-15-16-12(18(25)13(19(26)27)9-24(16)11-4-5-11)7-14(21)17(15)23-6-2-1-3-10(22)8-23/h7,10-11,13H,1-6,8-9,22H2,(H,26,27)/t10-,13?/m1/s1. The number of rotatable bonds is 3. The third kappa shape index (κ3) is 3.27. The molecule has 0 radical (unpaired) electrons. The number of ketones is 1. The van der Waals surface area contributed by atoms with E-state index >= 15 is 4.39 Å². The molecule has 3 aliphatic rings. The lowest BCUT2D eigenvalue weighted by Crippen LogP contribution is -2.44. The highest BCUT2D eigenvalue weighted by Gasteiger charge is 2.44. The van der Waals surface area contributed by atoms with Crippen LogP contribution < -0.4 is 15.5 Å². The second-order valence-electron chi connectivity index (χ2n) is 7.76. The van der Waals surface area contributed by atoms with Gasteiger partial charge >= 0.3 is 5.97 Å². The van der Waals surface area contributed by atoms with Crippen LogP contribution in [0, 0.1) is 11.7 Å². The first-order chi connectivity index (χ1) is 12.9. The van der Waals surface area contributed by atoms with Crippen molar-refractivity contribution in [1.29, 1.82) is 0 Å². The van der Waals surface area contributed by atoms with Crippen LogP contribution in [-0.4, -0.2) is 48.6 Å². The van der Waals surface area contributed by atoms with Crippen molar-refractivity contribution in [3.8, 4) is 0 Å². The predicted molar refractivity (Wildman–Crippen MR) is 101 cm³/mol. The van der Waals surface area contributed by atoms with Gasteiger partial charge in [0.15, 0.2) is 5.78 Å². The summed E-state index contributed by atoms with van der Waals surface area (Å²) in [5.74, 6) is -3.54. The second-order valence-corrected chi connectivity index (χ2v) is 8.14. The van der Waals surface area contributed by atoms with Crippen molar-refractivity contribution in [2.24, 2.45) is 11.7 Å². The van der Waals surface area contributed by atoms with Gasteiger partial charge in [0.1, 0.15) is 11.7 Å². The third-order valence-electron chi connectivity index (χ3n) is 5.73. The van der Waals surface area contributed by atoms with E-state index in [0.29, 0.717) is 18.8 Å². The van der Waals surface area contributed by atoms with Crippen LogP contribution in [0.15, 0.2) is 6.07 Å². The number of benzene rings is 1. The smallest absolute Gasteiger partial charge is 0.316 e. The number of hydrogen-bond acceptors (Lipinski definition) is 5. The van der Waals surface area contributed by atoms with Crippen molar-refractivity contribution >= 4 is 34.7 Å². The Bertz CT molecular complexity index is 799. The minimum atomic E-state index is -1.19. The molecule has 2 atom stereocenters. The van der Waals surface area contributed by atoms with Gasteiger partial charge < -0.3 is 20.6 Å². The lowest BCUT2D eigenvalue weighted by Gasteiger charge is -2.36. The first-order valence-electron chi connectivity index (χ1n) is 9.44. The Balaban J connectivity index is 1.82. The highest BCUT2D eigenvalue weighted by atomic mass is 35.5. The Kier molecular flexibility index (Phi) is 4.76. The number of carboxylic acids is 1. The summed E-state index contributed by atoms with van der Waals surface area (Å²) in [7, 11) is 0. The quantitative estimate of drug-likeness (QED) is 0.765. The number of carbonyl (C=O) groups is 2. The fourth-order valence-corrected chi connectivity index (χ4v) is 4.62. The number of Topliss-reactive ketones (excluding diaryl/α,β-unsaturated/α-hetero) is 1. The van der Waals surface area contributed by atoms with Gasteiger partial charge in [0, 0.05) is 37.3 Å². The van der Waals surface area contributed by atoms with Crippen molar-refractivity contribution < 1.29 is 19.1 Å². The number of anilines is 2. The van der Waals surface area contributed by atoms with Gasteiger partial charge in [-0.25, -0.2) is 4.39 Å². The van der Waals surface area contributed by atoms with Crippen LogP contribution in [0.25, 0.3) is 0 Å². The summed E-state index contributed by atoms with van der Waals surface area (Å²) in [4.78, 5) is 28.0. The molecule has 8 heteroatoms. The maximum absolute atomic E-state index is 15.0. The van der Waals surface area contributed by atoms with Gasteiger partial charge in [-0.1, -0.05) is 18.0 Å². The molecule has 2 fully saturated rings. The average molecular weight is 396 g/mol. The van der Waals surface area contributed by atoms with Crippen molar-refractivity contribution in [2.75, 3.05) is 29.4 Å². The van der Waals surface area contributed by atoms with Gasteiger partial charge in [-0.3, -0.25) is 9.59 Å². The number of hydrogen-bond donors (Lipinski definition) is 2. The molecule has 2 heterocycles. The summed E-state index contributed by atoms with van der Waals surface area (Å²) in [6.07, 6.45) is 4.59. The van der Waals surface area contributed by atoms with E-state index in [1.165, 1.54) is 6.07 Å². The minimum Gasteiger partial charge on any atom is -0.481 e. The van der Waals surface area contributed by atoms with Crippen LogP contribution in [0.1, 0.15) is 42.5 Å². The Morgan fingerprint density at radius 1 is 1.22 bits per heavy atom. The summed E-state index contributed by atoms with van der Waals surface area (Å²) < 4.78 is 15.0. The van der Waals surface area contributed by atoms with Crippen molar-refractivity contribution in [2.45, 2.75) is 44.2 Å². The molecule has 1 unspecified atom stereocenters. The molecule has 27 heavy (non-hydrogen) atoms. The molecule has 0 aromatic heterocycles. The number of fused-ring (bicyclic) bond motifs is 1. The topological polar surface area (TPSA) is 86.9 Å². The molecule has 4 rings (SSSR count). The lowest BCUT2D eigenvalue weighted by atomic mass is 9.90. The second kappa shape index (κ2) is 6.95. The zero-order valence-electron chi connectivity index (χ0n) is 15.0. The van der Waals surface area contributed by atoms with Crippen LogP contribution >= 0.6 is 11.6 Å². The van der Waals surface area contributed by atoms with Crippen molar-refractivity contribution in [1.82, 2.24) is 0 Å². The van der Waals surface area contributed by atoms with Gasteiger partial charge in [-0.2, -0.15) is 0 Å². The van der Waals surface area contributed by atoms with Crippen LogP contribution in [0.3, 0.4) is 0 Å². The summed E-state index contributed by atoms with van der Waals surface area (Å²) in [6.45, 7) is 1.24. The molecule has 146 valence electrons. The average Bonchev–Trinajstić information content (AvgIpc) is 3.44. The van der Waals surface area contributed by atoms with E-state index in [-0.39, 0.29) is 34.9 Å². The highest BCUT2D eigenvalue weighted by molar-refractivity contribution is 6.37. The maximum Gasteiger partial charge on any atom is 0.316 e. The van der Waals surface area contributed by atoms with Gasteiger partial charge in [-0.15, -0.1) is 0 Å². The fraction of sp³-hybridized carbons (Fsp3) is 0.579. The predicted octanol–water partition coefficient (Wildman–Crippen LogP) is 2.66. The Morgan fingerprint density at radius 3 is 2.63 bits per heavy atom. The first-order valence-corrected chi connectivity index (χ1v) is 9.82. The van der Waals surface area contributed by atoms with Crippen molar-refractivity contribution in [3.63, 3.8) is 0 Å². The van der Waals surface area contributed by atoms with Crippen LogP contribution in [0.5, 0.6) is 0 Å². The van der Waals surface area contributed by atoms with Gasteiger partial charge in [0.25, 0.3) is 0 Å². The molecule has 0 amide bonds. The Morgan fingerprint density at radius 2 is 1.96 bits per heavy atom. The number of nitrogens with zero attached hydrogens (tertiary/aromatic N) is 2. The zero-order chi connectivity index (χ0) is 19.3. The largest absolute Gasteiger partial charge is 0.481 e. The summed E-state index contributed by atoms with van der Waals surface area (Å²) in [5, 5.41) is 9.61. The number of carbonyl (C=O) groups excluding carboxylic acids is 1. The first kappa shape index (κ1) is 18.5. The molecular weight excluding hydrogens is 373 g/mol. The Labute approximate surface area is 162 Å². The van der Waals surface area contributed by atoms with Gasteiger partial charge in [-0.05, 0) is 31.7 Å². The normalized spacial score (nSPS) is 26.0.